The van der Waals surface area contributed by atoms with Gasteiger partial charge in [-0.2, -0.15) is 5.10 Å². The average molecular weight is 342 g/mol. The number of ether oxygens (including phenoxy) is 1. The first-order chi connectivity index (χ1) is 12.1. The minimum absolute atomic E-state index is 0.178. The number of methoxy groups -OCH3 is 1. The van der Waals surface area contributed by atoms with Crippen LogP contribution in [0.5, 0.6) is 0 Å². The number of nitrogens with one attached hydrogen (secondary N) is 2. The van der Waals surface area contributed by atoms with Gasteiger partial charge in [-0.3, -0.25) is 4.79 Å². The molecule has 25 heavy (non-hydrogen) atoms. The molecule has 1 aromatic carbocycles. The number of carbonyl (C=O) groups is 2. The molecule has 132 valence electrons. The molecule has 0 bridgehead atoms. The molecule has 0 spiro atoms. The molecule has 1 heterocycles. The first kappa shape index (κ1) is 17.0. The first-order valence-electron chi connectivity index (χ1n) is 8.36. The molecular formula is C18H22N4O3. The monoisotopic (exact) mass is 342 g/mol. The Hall–Kier alpha value is -2.83. The molecule has 0 aliphatic heterocycles. The summed E-state index contributed by atoms with van der Waals surface area (Å²) in [4.78, 5) is 24.2. The van der Waals surface area contributed by atoms with Crippen molar-refractivity contribution in [2.75, 3.05) is 7.11 Å². The van der Waals surface area contributed by atoms with Gasteiger partial charge in [0.05, 0.1) is 19.0 Å². The molecule has 2 amide bonds. The number of nitrogens with zero attached hydrogens (tertiary/aromatic N) is 2. The minimum Gasteiger partial charge on any atom is -0.453 e. The van der Waals surface area contributed by atoms with Crippen LogP contribution in [-0.4, -0.2) is 34.4 Å². The largest absolute Gasteiger partial charge is 0.453 e. The third-order valence-electron chi connectivity index (χ3n) is 4.53. The van der Waals surface area contributed by atoms with Crippen LogP contribution in [0.25, 0.3) is 5.69 Å². The van der Waals surface area contributed by atoms with Crippen LogP contribution < -0.4 is 10.6 Å². The van der Waals surface area contributed by atoms with Gasteiger partial charge in [-0.15, -0.1) is 0 Å². The van der Waals surface area contributed by atoms with Crippen molar-refractivity contribution in [2.24, 2.45) is 0 Å². The summed E-state index contributed by atoms with van der Waals surface area (Å²) in [6, 6.07) is 9.76. The predicted molar refractivity (Wildman–Crippen MR) is 92.2 cm³/mol. The molecule has 7 nitrogen and oxygen atoms in total. The Morgan fingerprint density at radius 3 is 2.64 bits per heavy atom. The first-order valence-corrected chi connectivity index (χ1v) is 8.36. The third-order valence-corrected chi connectivity index (χ3v) is 4.53. The number of para-hydroxylation sites is 1. The Balaban J connectivity index is 1.63. The van der Waals surface area contributed by atoms with Gasteiger partial charge in [-0.1, -0.05) is 31.0 Å². The molecule has 1 aromatic heterocycles. The molecule has 1 fully saturated rings. The highest BCUT2D eigenvalue weighted by Crippen LogP contribution is 2.30. The van der Waals surface area contributed by atoms with Crippen molar-refractivity contribution in [3.63, 3.8) is 0 Å². The zero-order chi connectivity index (χ0) is 17.7. The highest BCUT2D eigenvalue weighted by molar-refractivity contribution is 5.90. The number of hydrogen-bond acceptors (Lipinski definition) is 4. The van der Waals surface area contributed by atoms with Crippen molar-refractivity contribution in [2.45, 2.75) is 37.8 Å². The third kappa shape index (κ3) is 3.81. The highest BCUT2D eigenvalue weighted by Gasteiger charge is 2.42. The molecule has 3 rings (SSSR count). The van der Waals surface area contributed by atoms with Crippen molar-refractivity contribution in [3.8, 4) is 5.69 Å². The SMILES string of the molecule is COC(=O)NC1(C(=O)NCc2cnn(-c3ccccc3)c2)CCCC1. The lowest BCUT2D eigenvalue weighted by molar-refractivity contribution is -0.127. The second-order valence-electron chi connectivity index (χ2n) is 6.22. The molecular weight excluding hydrogens is 320 g/mol. The summed E-state index contributed by atoms with van der Waals surface area (Å²) >= 11 is 0. The summed E-state index contributed by atoms with van der Waals surface area (Å²) in [5.41, 5.74) is 0.978. The maximum absolute atomic E-state index is 12.7. The van der Waals surface area contributed by atoms with E-state index in [0.717, 1.165) is 24.1 Å². The van der Waals surface area contributed by atoms with Crippen LogP contribution in [-0.2, 0) is 16.1 Å². The highest BCUT2D eigenvalue weighted by atomic mass is 16.5. The van der Waals surface area contributed by atoms with Crippen LogP contribution in [0.4, 0.5) is 4.79 Å². The molecule has 0 saturated heterocycles. The Morgan fingerprint density at radius 2 is 1.96 bits per heavy atom. The standard InChI is InChI=1S/C18H22N4O3/c1-25-17(24)21-18(9-5-6-10-18)16(23)19-11-14-12-20-22(13-14)15-7-3-2-4-8-15/h2-4,7-8,12-13H,5-6,9-11H2,1H3,(H,19,23)(H,21,24). The average Bonchev–Trinajstić information content (AvgIpc) is 3.30. The fraction of sp³-hybridized carbons (Fsp3) is 0.389. The molecule has 0 radical (unpaired) electrons. The number of hydrogen-bond donors (Lipinski definition) is 2. The molecule has 2 N–H and O–H groups in total. The molecule has 0 unspecified atom stereocenters. The van der Waals surface area contributed by atoms with Gasteiger partial charge in [0.2, 0.25) is 5.91 Å². The molecule has 1 aliphatic rings. The predicted octanol–water partition coefficient (Wildman–Crippen LogP) is 2.16. The molecule has 0 atom stereocenters. The van der Waals surface area contributed by atoms with Crippen LogP contribution in [0.3, 0.4) is 0 Å². The lowest BCUT2D eigenvalue weighted by Crippen LogP contribution is -2.56. The van der Waals surface area contributed by atoms with Crippen molar-refractivity contribution in [1.82, 2.24) is 20.4 Å². The minimum atomic E-state index is -0.873. The lowest BCUT2D eigenvalue weighted by atomic mass is 9.96. The van der Waals surface area contributed by atoms with E-state index in [9.17, 15) is 9.59 Å². The molecule has 1 saturated carbocycles. The quantitative estimate of drug-likeness (QED) is 0.872. The fourth-order valence-electron chi connectivity index (χ4n) is 3.16. The smallest absolute Gasteiger partial charge is 0.407 e. The summed E-state index contributed by atoms with van der Waals surface area (Å²) in [5, 5.41) is 9.95. The number of benzene rings is 1. The number of aromatic nitrogens is 2. The summed E-state index contributed by atoms with van der Waals surface area (Å²) in [7, 11) is 1.30. The van der Waals surface area contributed by atoms with Crippen LogP contribution in [0, 0.1) is 0 Å². The fourth-order valence-corrected chi connectivity index (χ4v) is 3.16. The second kappa shape index (κ2) is 7.38. The second-order valence-corrected chi connectivity index (χ2v) is 6.22. The Bertz CT molecular complexity index is 736. The Kier molecular flexibility index (Phi) is 5.02. The van der Waals surface area contributed by atoms with E-state index < -0.39 is 11.6 Å². The maximum atomic E-state index is 12.7. The van der Waals surface area contributed by atoms with Gasteiger partial charge < -0.3 is 15.4 Å². The van der Waals surface area contributed by atoms with Crippen molar-refractivity contribution in [1.29, 1.82) is 0 Å². The Morgan fingerprint density at radius 1 is 1.24 bits per heavy atom. The van der Waals surface area contributed by atoms with Gasteiger partial charge in [-0.05, 0) is 25.0 Å². The molecule has 7 heteroatoms. The number of amides is 2. The van der Waals surface area contributed by atoms with E-state index in [-0.39, 0.29) is 5.91 Å². The van der Waals surface area contributed by atoms with Gasteiger partial charge in [-0.25, -0.2) is 9.48 Å². The Labute approximate surface area is 146 Å². The van der Waals surface area contributed by atoms with Gasteiger partial charge in [0.1, 0.15) is 5.54 Å². The summed E-state index contributed by atoms with van der Waals surface area (Å²) in [6.07, 6.45) is 6.09. The van der Waals surface area contributed by atoms with E-state index in [4.69, 9.17) is 0 Å². The van der Waals surface area contributed by atoms with Gasteiger partial charge in [0.25, 0.3) is 0 Å². The van der Waals surface area contributed by atoms with E-state index in [1.807, 2.05) is 36.5 Å². The zero-order valence-electron chi connectivity index (χ0n) is 14.2. The van der Waals surface area contributed by atoms with E-state index in [1.54, 1.807) is 10.9 Å². The number of rotatable bonds is 5. The van der Waals surface area contributed by atoms with E-state index in [2.05, 4.69) is 20.5 Å². The van der Waals surface area contributed by atoms with Crippen LogP contribution in [0.15, 0.2) is 42.7 Å². The van der Waals surface area contributed by atoms with Crippen LogP contribution >= 0.6 is 0 Å². The summed E-state index contributed by atoms with van der Waals surface area (Å²) in [5.74, 6) is -0.178. The molecule has 1 aliphatic carbocycles. The van der Waals surface area contributed by atoms with Crippen molar-refractivity contribution < 1.29 is 14.3 Å². The summed E-state index contributed by atoms with van der Waals surface area (Å²) in [6.45, 7) is 0.357. The topological polar surface area (TPSA) is 85.2 Å². The van der Waals surface area contributed by atoms with E-state index >= 15 is 0 Å². The lowest BCUT2D eigenvalue weighted by Gasteiger charge is -2.28. The van der Waals surface area contributed by atoms with Crippen molar-refractivity contribution in [3.05, 3.63) is 48.3 Å². The normalized spacial score (nSPS) is 15.6. The molecule has 2 aromatic rings. The van der Waals surface area contributed by atoms with Gasteiger partial charge >= 0.3 is 6.09 Å². The maximum Gasteiger partial charge on any atom is 0.407 e. The summed E-state index contributed by atoms with van der Waals surface area (Å²) < 4.78 is 6.42. The number of alkyl carbamates (subject to hydrolysis) is 1. The van der Waals surface area contributed by atoms with Gasteiger partial charge in [0, 0.05) is 18.3 Å². The van der Waals surface area contributed by atoms with E-state index in [0.29, 0.717) is 19.4 Å². The number of carbonyl (C=O) groups excluding carboxylic acids is 2. The van der Waals surface area contributed by atoms with E-state index in [1.165, 1.54) is 7.11 Å². The van der Waals surface area contributed by atoms with Gasteiger partial charge in [0.15, 0.2) is 0 Å². The van der Waals surface area contributed by atoms with Crippen molar-refractivity contribution >= 4 is 12.0 Å². The van der Waals surface area contributed by atoms with Crippen LogP contribution in [0.2, 0.25) is 0 Å². The van der Waals surface area contributed by atoms with Crippen LogP contribution in [0.1, 0.15) is 31.2 Å². The zero-order valence-corrected chi connectivity index (χ0v) is 14.2.